The number of allylic oxidation sites excluding steroid dienone is 8. The summed E-state index contributed by atoms with van der Waals surface area (Å²) in [6.07, 6.45) is 37.1. The van der Waals surface area contributed by atoms with E-state index >= 15 is 0 Å². The molecule has 4 atom stereocenters. The van der Waals surface area contributed by atoms with Crippen LogP contribution in [0, 0.1) is 0 Å². The quantitative estimate of drug-likeness (QED) is 0.0304. The van der Waals surface area contributed by atoms with Crippen molar-refractivity contribution in [3.05, 3.63) is 48.6 Å². The maximum atomic E-state index is 12.4. The number of rotatable bonds is 31. The van der Waals surface area contributed by atoms with Crippen LogP contribution < -0.4 is 5.32 Å². The lowest BCUT2D eigenvalue weighted by atomic mass is 10.00. The van der Waals surface area contributed by atoms with E-state index in [0.717, 1.165) is 51.4 Å². The first-order chi connectivity index (χ1) is 21.5. The van der Waals surface area contributed by atoms with Crippen LogP contribution in [0.5, 0.6) is 0 Å². The van der Waals surface area contributed by atoms with Gasteiger partial charge in [-0.15, -0.1) is 0 Å². The maximum absolute atomic E-state index is 12.4. The van der Waals surface area contributed by atoms with Crippen LogP contribution in [0.4, 0.5) is 0 Å². The molecule has 6 nitrogen and oxygen atoms in total. The SMILES string of the molecule is CCC/C=C/CC/C=C/CCCC(O)C(O)C(CO)NC(=O)C(O)CCCCCCCCCCC/C=C\C=C/CCCCC. The highest BCUT2D eigenvalue weighted by Gasteiger charge is 2.28. The van der Waals surface area contributed by atoms with Crippen molar-refractivity contribution in [3.8, 4) is 0 Å². The molecule has 44 heavy (non-hydrogen) atoms. The van der Waals surface area contributed by atoms with Gasteiger partial charge in [0.25, 0.3) is 0 Å². The van der Waals surface area contributed by atoms with Gasteiger partial charge in [-0.05, 0) is 70.6 Å². The van der Waals surface area contributed by atoms with Gasteiger partial charge >= 0.3 is 0 Å². The van der Waals surface area contributed by atoms with Crippen molar-refractivity contribution in [1.29, 1.82) is 0 Å². The normalized spacial score (nSPS) is 15.1. The van der Waals surface area contributed by atoms with Crippen LogP contribution in [0.25, 0.3) is 0 Å². The fraction of sp³-hybridized carbons (Fsp3) is 0.763. The Morgan fingerprint density at radius 3 is 1.64 bits per heavy atom. The van der Waals surface area contributed by atoms with Gasteiger partial charge in [0.05, 0.1) is 18.8 Å². The lowest BCUT2D eigenvalue weighted by Gasteiger charge is -2.27. The minimum atomic E-state index is -1.29. The Hall–Kier alpha value is -1.73. The number of amides is 1. The summed E-state index contributed by atoms with van der Waals surface area (Å²) in [5.41, 5.74) is 0. The molecule has 0 heterocycles. The molecular formula is C38H69NO5. The highest BCUT2D eigenvalue weighted by atomic mass is 16.3. The van der Waals surface area contributed by atoms with Crippen LogP contribution in [-0.2, 0) is 4.79 Å². The number of hydrogen-bond donors (Lipinski definition) is 5. The van der Waals surface area contributed by atoms with Crippen molar-refractivity contribution in [2.75, 3.05) is 6.61 Å². The second kappa shape index (κ2) is 32.7. The van der Waals surface area contributed by atoms with Crippen molar-refractivity contribution in [1.82, 2.24) is 5.32 Å². The Kier molecular flexibility index (Phi) is 31.4. The van der Waals surface area contributed by atoms with Gasteiger partial charge in [0.2, 0.25) is 5.91 Å². The Bertz CT molecular complexity index is 748. The number of nitrogens with one attached hydrogen (secondary N) is 1. The minimum Gasteiger partial charge on any atom is -0.394 e. The summed E-state index contributed by atoms with van der Waals surface area (Å²) in [5, 5.41) is 43.3. The summed E-state index contributed by atoms with van der Waals surface area (Å²) in [6, 6.07) is -1.01. The fourth-order valence-electron chi connectivity index (χ4n) is 5.06. The van der Waals surface area contributed by atoms with Gasteiger partial charge in [-0.2, -0.15) is 0 Å². The van der Waals surface area contributed by atoms with E-state index in [0.29, 0.717) is 19.3 Å². The van der Waals surface area contributed by atoms with Crippen molar-refractivity contribution in [2.24, 2.45) is 0 Å². The molecular weight excluding hydrogens is 550 g/mol. The van der Waals surface area contributed by atoms with E-state index in [9.17, 15) is 25.2 Å². The average Bonchev–Trinajstić information content (AvgIpc) is 3.03. The largest absolute Gasteiger partial charge is 0.394 e. The Balaban J connectivity index is 3.86. The van der Waals surface area contributed by atoms with Crippen LogP contribution in [0.1, 0.15) is 155 Å². The van der Waals surface area contributed by atoms with E-state index < -0.39 is 36.9 Å². The molecule has 0 bridgehead atoms. The molecule has 0 aromatic carbocycles. The van der Waals surface area contributed by atoms with Crippen molar-refractivity contribution in [2.45, 2.75) is 179 Å². The number of carbonyl (C=O) groups excluding carboxylic acids is 1. The standard InChI is InChI=1S/C38H69NO5/c1-3-5-7-9-11-13-15-16-17-18-19-20-21-22-24-26-28-30-32-36(42)38(44)39-34(33-40)37(43)35(41)31-29-27-25-23-14-12-10-8-6-4-2/h8,10-11,13,15-16,23,25,34-37,40-43H,3-7,9,12,14,17-22,24,26-33H2,1-2H3,(H,39,44)/b10-8+,13-11-,16-15-,25-23+. The van der Waals surface area contributed by atoms with Gasteiger partial charge in [0.1, 0.15) is 12.2 Å². The summed E-state index contributed by atoms with van der Waals surface area (Å²) < 4.78 is 0. The summed E-state index contributed by atoms with van der Waals surface area (Å²) in [4.78, 5) is 12.4. The van der Waals surface area contributed by atoms with Gasteiger partial charge in [-0.3, -0.25) is 4.79 Å². The zero-order valence-electron chi connectivity index (χ0n) is 28.4. The lowest BCUT2D eigenvalue weighted by molar-refractivity contribution is -0.132. The second-order valence-corrected chi connectivity index (χ2v) is 12.2. The van der Waals surface area contributed by atoms with E-state index in [4.69, 9.17) is 0 Å². The molecule has 0 saturated carbocycles. The first-order valence-electron chi connectivity index (χ1n) is 18.0. The molecule has 0 saturated heterocycles. The Morgan fingerprint density at radius 2 is 1.07 bits per heavy atom. The molecule has 0 aromatic rings. The average molecular weight is 620 g/mol. The maximum Gasteiger partial charge on any atom is 0.249 e. The Labute approximate surface area is 270 Å². The number of carbonyl (C=O) groups is 1. The topological polar surface area (TPSA) is 110 Å². The number of aliphatic hydroxyl groups is 4. The molecule has 0 rings (SSSR count). The number of unbranched alkanes of at least 4 members (excludes halogenated alkanes) is 15. The molecule has 5 N–H and O–H groups in total. The number of hydrogen-bond acceptors (Lipinski definition) is 5. The summed E-state index contributed by atoms with van der Waals surface area (Å²) >= 11 is 0. The third-order valence-electron chi connectivity index (χ3n) is 8.00. The van der Waals surface area contributed by atoms with Crippen LogP contribution >= 0.6 is 0 Å². The molecule has 1 amide bonds. The van der Waals surface area contributed by atoms with Crippen LogP contribution in [-0.4, -0.2) is 57.3 Å². The first kappa shape index (κ1) is 42.3. The van der Waals surface area contributed by atoms with E-state index in [1.807, 2.05) is 0 Å². The molecule has 0 aliphatic carbocycles. The smallest absolute Gasteiger partial charge is 0.249 e. The van der Waals surface area contributed by atoms with Gasteiger partial charge in [0, 0.05) is 0 Å². The van der Waals surface area contributed by atoms with Gasteiger partial charge < -0.3 is 25.7 Å². The predicted molar refractivity (Wildman–Crippen MR) is 187 cm³/mol. The highest BCUT2D eigenvalue weighted by Crippen LogP contribution is 2.14. The van der Waals surface area contributed by atoms with Crippen molar-refractivity contribution in [3.63, 3.8) is 0 Å². The van der Waals surface area contributed by atoms with Crippen LogP contribution in [0.3, 0.4) is 0 Å². The molecule has 0 aliphatic heterocycles. The molecule has 0 spiro atoms. The lowest BCUT2D eigenvalue weighted by Crippen LogP contribution is -2.53. The summed E-state index contributed by atoms with van der Waals surface area (Å²) in [7, 11) is 0. The van der Waals surface area contributed by atoms with Gasteiger partial charge in [0.15, 0.2) is 0 Å². The molecule has 0 aromatic heterocycles. The molecule has 4 unspecified atom stereocenters. The summed E-state index contributed by atoms with van der Waals surface area (Å²) in [5.74, 6) is -0.607. The molecule has 0 fully saturated rings. The number of aliphatic hydroxyl groups excluding tert-OH is 4. The zero-order valence-corrected chi connectivity index (χ0v) is 28.4. The fourth-order valence-corrected chi connectivity index (χ4v) is 5.06. The van der Waals surface area contributed by atoms with Crippen molar-refractivity contribution < 1.29 is 25.2 Å². The predicted octanol–water partition coefficient (Wildman–Crippen LogP) is 8.39. The van der Waals surface area contributed by atoms with E-state index in [1.54, 1.807) is 0 Å². The zero-order chi connectivity index (χ0) is 32.5. The molecule has 0 radical (unpaired) electrons. The van der Waals surface area contributed by atoms with Crippen LogP contribution in [0.2, 0.25) is 0 Å². The highest BCUT2D eigenvalue weighted by molar-refractivity contribution is 5.80. The van der Waals surface area contributed by atoms with Gasteiger partial charge in [-0.25, -0.2) is 0 Å². The molecule has 256 valence electrons. The third-order valence-corrected chi connectivity index (χ3v) is 8.00. The minimum absolute atomic E-state index is 0.352. The monoisotopic (exact) mass is 620 g/mol. The second-order valence-electron chi connectivity index (χ2n) is 12.2. The van der Waals surface area contributed by atoms with E-state index in [2.05, 4.69) is 67.8 Å². The van der Waals surface area contributed by atoms with Crippen molar-refractivity contribution >= 4 is 5.91 Å². The Morgan fingerprint density at radius 1 is 0.568 bits per heavy atom. The van der Waals surface area contributed by atoms with E-state index in [1.165, 1.54) is 70.6 Å². The molecule has 0 aliphatic rings. The van der Waals surface area contributed by atoms with Crippen LogP contribution in [0.15, 0.2) is 48.6 Å². The summed E-state index contributed by atoms with van der Waals surface area (Å²) in [6.45, 7) is 3.89. The molecule has 6 heteroatoms. The third kappa shape index (κ3) is 26.7. The van der Waals surface area contributed by atoms with Gasteiger partial charge in [-0.1, -0.05) is 133 Å². The van der Waals surface area contributed by atoms with E-state index in [-0.39, 0.29) is 0 Å². The first-order valence-corrected chi connectivity index (χ1v) is 18.0.